The number of aryl methyl sites for hydroxylation is 2. The minimum atomic E-state index is -0.371. The number of thioether (sulfide) groups is 1. The van der Waals surface area contributed by atoms with Gasteiger partial charge in [-0.3, -0.25) is 9.59 Å². The normalized spacial score (nSPS) is 15.5. The van der Waals surface area contributed by atoms with Crippen LogP contribution in [0.15, 0.2) is 39.9 Å². The molecule has 7 nitrogen and oxygen atoms in total. The van der Waals surface area contributed by atoms with E-state index in [0.29, 0.717) is 27.6 Å². The molecule has 0 spiro atoms. The van der Waals surface area contributed by atoms with Gasteiger partial charge in [0.05, 0.1) is 10.6 Å². The average molecular weight is 453 g/mol. The molecule has 2 heterocycles. The van der Waals surface area contributed by atoms with E-state index in [2.05, 4.69) is 20.6 Å². The van der Waals surface area contributed by atoms with E-state index in [1.807, 2.05) is 39.0 Å². The smallest absolute Gasteiger partial charge is 0.256 e. The number of amides is 2. The summed E-state index contributed by atoms with van der Waals surface area (Å²) in [6.07, 6.45) is 5.63. The van der Waals surface area contributed by atoms with Crippen LogP contribution in [0.25, 0.3) is 11.1 Å². The molecular weight excluding hydrogens is 424 g/mol. The molecule has 1 unspecified atom stereocenters. The lowest BCUT2D eigenvalue weighted by molar-refractivity contribution is -0.121. The van der Waals surface area contributed by atoms with Crippen molar-refractivity contribution in [3.8, 4) is 0 Å². The highest BCUT2D eigenvalue weighted by Gasteiger charge is 2.24. The average Bonchev–Trinajstić information content (AvgIpc) is 3.08. The third-order valence-electron chi connectivity index (χ3n) is 5.88. The number of nitrogens with zero attached hydrogens (tertiary/aromatic N) is 2. The maximum absolute atomic E-state index is 12.8. The molecular formula is C24H28N4O3S. The molecule has 4 rings (SSSR count). The van der Waals surface area contributed by atoms with Crippen molar-refractivity contribution in [1.82, 2.24) is 15.3 Å². The third-order valence-corrected chi connectivity index (χ3v) is 6.84. The quantitative estimate of drug-likeness (QED) is 0.403. The van der Waals surface area contributed by atoms with Crippen molar-refractivity contribution in [2.24, 2.45) is 0 Å². The van der Waals surface area contributed by atoms with Gasteiger partial charge in [-0.15, -0.1) is 0 Å². The first-order chi connectivity index (χ1) is 15.4. The Bertz CT molecular complexity index is 1120. The van der Waals surface area contributed by atoms with Gasteiger partial charge in [0.15, 0.2) is 5.16 Å². The molecule has 1 aliphatic rings. The van der Waals surface area contributed by atoms with Gasteiger partial charge in [0, 0.05) is 17.2 Å². The highest BCUT2D eigenvalue weighted by atomic mass is 32.2. The molecule has 3 aromatic rings. The zero-order chi connectivity index (χ0) is 22.7. The Hall–Kier alpha value is -2.87. The minimum Gasteiger partial charge on any atom is -0.443 e. The molecule has 8 heteroatoms. The molecule has 0 radical (unpaired) electrons. The first kappa shape index (κ1) is 22.3. The largest absolute Gasteiger partial charge is 0.443 e. The minimum absolute atomic E-state index is 0.0210. The fraction of sp³-hybridized carbons (Fsp3) is 0.417. The van der Waals surface area contributed by atoms with Gasteiger partial charge in [0.1, 0.15) is 11.6 Å². The lowest BCUT2D eigenvalue weighted by Crippen LogP contribution is -2.40. The topological polar surface area (TPSA) is 97.1 Å². The van der Waals surface area contributed by atoms with Crippen LogP contribution in [0, 0.1) is 13.8 Å². The Kier molecular flexibility index (Phi) is 6.79. The van der Waals surface area contributed by atoms with Gasteiger partial charge >= 0.3 is 0 Å². The molecule has 1 fully saturated rings. The summed E-state index contributed by atoms with van der Waals surface area (Å²) in [5.41, 5.74) is 1.82. The van der Waals surface area contributed by atoms with Crippen LogP contribution in [0.4, 0.5) is 5.82 Å². The van der Waals surface area contributed by atoms with Crippen molar-refractivity contribution in [2.45, 2.75) is 69.3 Å². The number of hydrogen-bond acceptors (Lipinski definition) is 6. The van der Waals surface area contributed by atoms with Crippen molar-refractivity contribution in [3.63, 3.8) is 0 Å². The van der Waals surface area contributed by atoms with E-state index >= 15 is 0 Å². The number of carbonyl (C=O) groups is 2. The molecule has 2 N–H and O–H groups in total. The first-order valence-electron chi connectivity index (χ1n) is 11.0. The van der Waals surface area contributed by atoms with Crippen molar-refractivity contribution < 1.29 is 14.0 Å². The Balaban J connectivity index is 1.56. The Morgan fingerprint density at radius 3 is 2.53 bits per heavy atom. The van der Waals surface area contributed by atoms with Crippen molar-refractivity contribution in [3.05, 3.63) is 47.2 Å². The predicted octanol–water partition coefficient (Wildman–Crippen LogP) is 5.02. The number of fused-ring (bicyclic) bond motifs is 1. The summed E-state index contributed by atoms with van der Waals surface area (Å²) in [5.74, 6) is 0.825. The highest BCUT2D eigenvalue weighted by Crippen LogP contribution is 2.32. The van der Waals surface area contributed by atoms with E-state index in [1.165, 1.54) is 18.2 Å². The van der Waals surface area contributed by atoms with Gasteiger partial charge in [-0.1, -0.05) is 49.2 Å². The fourth-order valence-corrected chi connectivity index (χ4v) is 4.69. The van der Waals surface area contributed by atoms with Gasteiger partial charge in [-0.2, -0.15) is 4.98 Å². The van der Waals surface area contributed by atoms with Crippen LogP contribution in [0.1, 0.15) is 60.7 Å². The summed E-state index contributed by atoms with van der Waals surface area (Å²) in [5, 5.41) is 6.74. The molecule has 1 saturated carbocycles. The number of rotatable bonds is 6. The van der Waals surface area contributed by atoms with Crippen LogP contribution >= 0.6 is 11.8 Å². The van der Waals surface area contributed by atoms with Crippen LogP contribution in [0.2, 0.25) is 0 Å². The third kappa shape index (κ3) is 4.96. The van der Waals surface area contributed by atoms with Crippen LogP contribution in [-0.2, 0) is 4.79 Å². The predicted molar refractivity (Wildman–Crippen MR) is 126 cm³/mol. The second-order valence-corrected chi connectivity index (χ2v) is 9.55. The first-order valence-corrected chi connectivity index (χ1v) is 11.9. The maximum Gasteiger partial charge on any atom is 0.256 e. The second kappa shape index (κ2) is 9.73. The lowest BCUT2D eigenvalue weighted by atomic mass is 9.95. The number of carbonyl (C=O) groups excluding carboxylic acids is 2. The Labute approximate surface area is 191 Å². The van der Waals surface area contributed by atoms with Crippen LogP contribution in [0.5, 0.6) is 0 Å². The Morgan fingerprint density at radius 1 is 1.09 bits per heavy atom. The SMILES string of the molecule is Cc1oc2nc(SC(C)C(=O)NC3CCCCC3)nc(NC(=O)c3ccccc3)c2c1C. The molecule has 0 bridgehead atoms. The van der Waals surface area contributed by atoms with Gasteiger partial charge in [-0.05, 0) is 45.7 Å². The highest BCUT2D eigenvalue weighted by molar-refractivity contribution is 8.00. The zero-order valence-electron chi connectivity index (χ0n) is 18.6. The summed E-state index contributed by atoms with van der Waals surface area (Å²) in [4.78, 5) is 34.6. The number of nitrogens with one attached hydrogen (secondary N) is 2. The lowest BCUT2D eigenvalue weighted by Gasteiger charge is -2.24. The van der Waals surface area contributed by atoms with Crippen molar-refractivity contribution in [1.29, 1.82) is 0 Å². The molecule has 1 aromatic carbocycles. The van der Waals surface area contributed by atoms with Crippen molar-refractivity contribution >= 4 is 40.5 Å². The zero-order valence-corrected chi connectivity index (χ0v) is 19.4. The van der Waals surface area contributed by atoms with Crippen LogP contribution < -0.4 is 10.6 Å². The number of anilines is 1. The second-order valence-electron chi connectivity index (χ2n) is 8.24. The molecule has 0 saturated heterocycles. The van der Waals surface area contributed by atoms with Gasteiger partial charge in [-0.25, -0.2) is 4.98 Å². The molecule has 2 aromatic heterocycles. The van der Waals surface area contributed by atoms with E-state index in [0.717, 1.165) is 37.0 Å². The van der Waals surface area contributed by atoms with E-state index in [1.54, 1.807) is 12.1 Å². The number of hydrogen-bond donors (Lipinski definition) is 2. The monoisotopic (exact) mass is 452 g/mol. The fourth-order valence-electron chi connectivity index (χ4n) is 3.92. The van der Waals surface area contributed by atoms with Gasteiger partial charge in [0.25, 0.3) is 5.91 Å². The van der Waals surface area contributed by atoms with Crippen molar-refractivity contribution in [2.75, 3.05) is 5.32 Å². The number of furan rings is 1. The molecule has 168 valence electrons. The number of aromatic nitrogens is 2. The summed E-state index contributed by atoms with van der Waals surface area (Å²) in [7, 11) is 0. The summed E-state index contributed by atoms with van der Waals surface area (Å²) >= 11 is 1.26. The van der Waals surface area contributed by atoms with Crippen LogP contribution in [-0.4, -0.2) is 33.1 Å². The van der Waals surface area contributed by atoms with Gasteiger partial charge < -0.3 is 15.1 Å². The maximum atomic E-state index is 12.8. The molecule has 1 aliphatic carbocycles. The summed E-state index contributed by atoms with van der Waals surface area (Å²) in [6.45, 7) is 5.61. The van der Waals surface area contributed by atoms with E-state index < -0.39 is 0 Å². The molecule has 32 heavy (non-hydrogen) atoms. The molecule has 1 atom stereocenters. The molecule has 2 amide bonds. The van der Waals surface area contributed by atoms with Gasteiger partial charge in [0.2, 0.25) is 11.6 Å². The number of benzene rings is 1. The van der Waals surface area contributed by atoms with E-state index in [4.69, 9.17) is 4.42 Å². The Morgan fingerprint density at radius 2 is 1.81 bits per heavy atom. The summed E-state index contributed by atoms with van der Waals surface area (Å²) < 4.78 is 5.81. The van der Waals surface area contributed by atoms with E-state index in [-0.39, 0.29) is 23.1 Å². The van der Waals surface area contributed by atoms with E-state index in [9.17, 15) is 9.59 Å². The molecule has 0 aliphatic heterocycles. The summed E-state index contributed by atoms with van der Waals surface area (Å²) in [6, 6.07) is 9.22. The standard InChI is InChI=1S/C24H28N4O3S/c1-14-15(2)31-23-19(14)20(26-22(30)17-10-6-4-7-11-17)27-24(28-23)32-16(3)21(29)25-18-12-8-5-9-13-18/h4,6-7,10-11,16,18H,5,8-9,12-13H2,1-3H3,(H,25,29)(H,26,27,28,30). The van der Waals surface area contributed by atoms with Crippen LogP contribution in [0.3, 0.4) is 0 Å².